The maximum Gasteiger partial charge on any atom is 0.319 e. The van der Waals surface area contributed by atoms with Gasteiger partial charge in [-0.1, -0.05) is 36.4 Å². The summed E-state index contributed by atoms with van der Waals surface area (Å²) in [7, 11) is 0. The van der Waals surface area contributed by atoms with Crippen LogP contribution in [-0.4, -0.2) is 42.0 Å². The molecule has 2 saturated heterocycles. The van der Waals surface area contributed by atoms with Crippen LogP contribution < -0.4 is 0 Å². The predicted octanol–water partition coefficient (Wildman–Crippen LogP) is 5.14. The smallest absolute Gasteiger partial charge is 0.319 e. The van der Waals surface area contributed by atoms with Crippen LogP contribution in [0.2, 0.25) is 0 Å². The van der Waals surface area contributed by atoms with Crippen LogP contribution in [0.3, 0.4) is 0 Å². The molecule has 4 rings (SSSR count). The van der Waals surface area contributed by atoms with Crippen LogP contribution in [0.4, 0.5) is 13.6 Å². The maximum absolute atomic E-state index is 14.0. The second-order valence-corrected chi connectivity index (χ2v) is 7.85. The van der Waals surface area contributed by atoms with E-state index < -0.39 is 0 Å². The van der Waals surface area contributed by atoms with Crippen molar-refractivity contribution in [3.63, 3.8) is 0 Å². The van der Waals surface area contributed by atoms with Gasteiger partial charge in [-0.3, -0.25) is 0 Å². The highest BCUT2D eigenvalue weighted by Crippen LogP contribution is 2.32. The highest BCUT2D eigenvalue weighted by atomic mass is 19.1. The molecule has 2 aromatic rings. The Morgan fingerprint density at radius 3 is 1.39 bits per heavy atom. The van der Waals surface area contributed by atoms with E-state index in [4.69, 9.17) is 0 Å². The zero-order chi connectivity index (χ0) is 19.5. The number of piperidine rings is 2. The number of rotatable bonds is 2. The molecule has 2 fully saturated rings. The Balaban J connectivity index is 1.31. The number of likely N-dealkylation sites (tertiary alicyclic amines) is 2. The fraction of sp³-hybridized carbons (Fsp3) is 0.435. The number of nitrogens with zero attached hydrogens (tertiary/aromatic N) is 2. The Labute approximate surface area is 165 Å². The Kier molecular flexibility index (Phi) is 5.60. The lowest BCUT2D eigenvalue weighted by molar-refractivity contribution is 0.128. The minimum Gasteiger partial charge on any atom is -0.325 e. The summed E-state index contributed by atoms with van der Waals surface area (Å²) >= 11 is 0. The van der Waals surface area contributed by atoms with Gasteiger partial charge in [-0.15, -0.1) is 0 Å². The monoisotopic (exact) mass is 384 g/mol. The number of halogens is 2. The zero-order valence-corrected chi connectivity index (χ0v) is 16.0. The van der Waals surface area contributed by atoms with E-state index in [9.17, 15) is 13.6 Å². The molecule has 0 spiro atoms. The summed E-state index contributed by atoms with van der Waals surface area (Å²) in [6.45, 7) is 2.63. The standard InChI is InChI=1S/C23H26F2N2O/c24-21-7-3-1-5-19(21)17-9-13-26(14-10-17)23(28)27-15-11-18(12-16-27)20-6-2-4-8-22(20)25/h1-8,17-18H,9-16H2. The molecule has 0 unspecified atom stereocenters. The first-order chi connectivity index (χ1) is 13.6. The second-order valence-electron chi connectivity index (χ2n) is 7.85. The molecule has 3 nitrogen and oxygen atoms in total. The van der Waals surface area contributed by atoms with E-state index in [1.165, 1.54) is 12.1 Å². The fourth-order valence-electron chi connectivity index (χ4n) is 4.58. The van der Waals surface area contributed by atoms with Gasteiger partial charge in [0.1, 0.15) is 11.6 Å². The van der Waals surface area contributed by atoms with Crippen molar-refractivity contribution in [2.24, 2.45) is 0 Å². The summed E-state index contributed by atoms with van der Waals surface area (Å²) in [6.07, 6.45) is 3.16. The van der Waals surface area contributed by atoms with Crippen molar-refractivity contribution in [1.82, 2.24) is 9.80 Å². The van der Waals surface area contributed by atoms with Crippen LogP contribution >= 0.6 is 0 Å². The molecule has 148 valence electrons. The topological polar surface area (TPSA) is 23.6 Å². The molecule has 0 atom stereocenters. The molecule has 5 heteroatoms. The van der Waals surface area contributed by atoms with Crippen molar-refractivity contribution in [3.8, 4) is 0 Å². The van der Waals surface area contributed by atoms with Gasteiger partial charge in [0.2, 0.25) is 0 Å². The summed E-state index contributed by atoms with van der Waals surface area (Å²) in [5.74, 6) is 0.0547. The number of carbonyl (C=O) groups is 1. The highest BCUT2D eigenvalue weighted by Gasteiger charge is 2.31. The third kappa shape index (κ3) is 3.89. The first-order valence-corrected chi connectivity index (χ1v) is 10.2. The average molecular weight is 384 g/mol. The van der Waals surface area contributed by atoms with Crippen LogP contribution in [-0.2, 0) is 0 Å². The minimum absolute atomic E-state index is 0.0685. The number of urea groups is 1. The zero-order valence-electron chi connectivity index (χ0n) is 16.0. The normalized spacial score (nSPS) is 19.1. The van der Waals surface area contributed by atoms with E-state index >= 15 is 0 Å². The number of hydrogen-bond donors (Lipinski definition) is 0. The molecule has 0 bridgehead atoms. The van der Waals surface area contributed by atoms with Crippen molar-refractivity contribution in [1.29, 1.82) is 0 Å². The van der Waals surface area contributed by atoms with Crippen LogP contribution in [0.15, 0.2) is 48.5 Å². The number of benzene rings is 2. The highest BCUT2D eigenvalue weighted by molar-refractivity contribution is 5.74. The lowest BCUT2D eigenvalue weighted by Gasteiger charge is -2.39. The molecule has 28 heavy (non-hydrogen) atoms. The fourth-order valence-corrected chi connectivity index (χ4v) is 4.58. The van der Waals surface area contributed by atoms with Gasteiger partial charge in [0.05, 0.1) is 0 Å². The van der Waals surface area contributed by atoms with Crippen LogP contribution in [0.1, 0.15) is 48.6 Å². The van der Waals surface area contributed by atoms with Gasteiger partial charge in [0.25, 0.3) is 0 Å². The van der Waals surface area contributed by atoms with E-state index in [-0.39, 0.29) is 29.5 Å². The Morgan fingerprint density at radius 1 is 0.679 bits per heavy atom. The average Bonchev–Trinajstić information content (AvgIpc) is 2.74. The van der Waals surface area contributed by atoms with E-state index in [1.807, 2.05) is 34.1 Å². The SMILES string of the molecule is O=C(N1CCC(c2ccccc2F)CC1)N1CCC(c2ccccc2F)CC1. The van der Waals surface area contributed by atoms with Gasteiger partial charge < -0.3 is 9.80 Å². The maximum atomic E-state index is 14.0. The van der Waals surface area contributed by atoms with Crippen molar-refractivity contribution in [2.45, 2.75) is 37.5 Å². The Bertz CT molecular complexity index is 757. The predicted molar refractivity (Wildman–Crippen MR) is 105 cm³/mol. The van der Waals surface area contributed by atoms with Crippen LogP contribution in [0, 0.1) is 11.6 Å². The lowest BCUT2D eigenvalue weighted by atomic mass is 9.88. The number of hydrogen-bond acceptors (Lipinski definition) is 1. The molecule has 2 heterocycles. The second kappa shape index (κ2) is 8.29. The molecular weight excluding hydrogens is 358 g/mol. The van der Waals surface area contributed by atoms with E-state index in [1.54, 1.807) is 12.1 Å². The molecule has 2 aromatic carbocycles. The van der Waals surface area contributed by atoms with Gasteiger partial charge in [0.15, 0.2) is 0 Å². The lowest BCUT2D eigenvalue weighted by Crippen LogP contribution is -2.48. The molecular formula is C23H26F2N2O. The van der Waals surface area contributed by atoms with E-state index in [0.29, 0.717) is 26.2 Å². The van der Waals surface area contributed by atoms with Gasteiger partial charge >= 0.3 is 6.03 Å². The molecule has 0 radical (unpaired) electrons. The van der Waals surface area contributed by atoms with E-state index in [0.717, 1.165) is 36.8 Å². The quantitative estimate of drug-likeness (QED) is 0.703. The molecule has 0 N–H and O–H groups in total. The minimum atomic E-state index is -0.150. The molecule has 0 aliphatic carbocycles. The summed E-state index contributed by atoms with van der Waals surface area (Å²) in [4.78, 5) is 16.7. The van der Waals surface area contributed by atoms with E-state index in [2.05, 4.69) is 0 Å². The third-order valence-corrected chi connectivity index (χ3v) is 6.22. The summed E-state index contributed by atoms with van der Waals surface area (Å²) in [5, 5.41) is 0. The van der Waals surface area contributed by atoms with Crippen LogP contribution in [0.25, 0.3) is 0 Å². The molecule has 2 amide bonds. The van der Waals surface area contributed by atoms with Crippen molar-refractivity contribution in [3.05, 3.63) is 71.3 Å². The molecule has 0 saturated carbocycles. The number of amides is 2. The van der Waals surface area contributed by atoms with Gasteiger partial charge in [0, 0.05) is 26.2 Å². The van der Waals surface area contributed by atoms with Crippen molar-refractivity contribution in [2.75, 3.05) is 26.2 Å². The molecule has 0 aromatic heterocycles. The Morgan fingerprint density at radius 2 is 1.04 bits per heavy atom. The summed E-state index contributed by atoms with van der Waals surface area (Å²) in [6, 6.07) is 13.9. The molecule has 2 aliphatic heterocycles. The summed E-state index contributed by atoms with van der Waals surface area (Å²) < 4.78 is 28.0. The first-order valence-electron chi connectivity index (χ1n) is 10.2. The summed E-state index contributed by atoms with van der Waals surface area (Å²) in [5.41, 5.74) is 1.53. The van der Waals surface area contributed by atoms with Gasteiger partial charge in [-0.05, 0) is 60.8 Å². The largest absolute Gasteiger partial charge is 0.325 e. The van der Waals surface area contributed by atoms with Gasteiger partial charge in [-0.25, -0.2) is 13.6 Å². The Hall–Kier alpha value is -2.43. The molecule has 2 aliphatic rings. The third-order valence-electron chi connectivity index (χ3n) is 6.22. The van der Waals surface area contributed by atoms with Gasteiger partial charge in [-0.2, -0.15) is 0 Å². The van der Waals surface area contributed by atoms with Crippen LogP contribution in [0.5, 0.6) is 0 Å². The van der Waals surface area contributed by atoms with Crippen molar-refractivity contribution >= 4 is 6.03 Å². The van der Waals surface area contributed by atoms with Crippen molar-refractivity contribution < 1.29 is 13.6 Å². The number of carbonyl (C=O) groups excluding carboxylic acids is 1. The first kappa shape index (κ1) is 18.9.